The summed E-state index contributed by atoms with van der Waals surface area (Å²) in [4.78, 5) is 24.0. The second-order valence-electron chi connectivity index (χ2n) is 4.54. The fourth-order valence-electron chi connectivity index (χ4n) is 1.88. The van der Waals surface area contributed by atoms with Crippen LogP contribution in [0.4, 0.5) is 5.69 Å². The summed E-state index contributed by atoms with van der Waals surface area (Å²) in [6, 6.07) is 12.6. The van der Waals surface area contributed by atoms with E-state index in [4.69, 9.17) is 0 Å². The zero-order valence-electron chi connectivity index (χ0n) is 11.7. The number of aryl methyl sites for hydroxylation is 1. The van der Waals surface area contributed by atoms with Gasteiger partial charge in [-0.2, -0.15) is 0 Å². The summed E-state index contributed by atoms with van der Waals surface area (Å²) in [6.07, 6.45) is 0. The molecule has 0 atom stereocenters. The number of halogens is 1. The molecule has 0 saturated carbocycles. The molecule has 0 fully saturated rings. The van der Waals surface area contributed by atoms with Crippen LogP contribution in [0.1, 0.15) is 26.3 Å². The molecule has 2 amide bonds. The molecule has 0 spiro atoms. The zero-order valence-corrected chi connectivity index (χ0v) is 13.9. The first-order chi connectivity index (χ1) is 10.0. The van der Waals surface area contributed by atoms with Crippen LogP contribution in [-0.4, -0.2) is 18.9 Å². The lowest BCUT2D eigenvalue weighted by Crippen LogP contribution is -2.19. The molecule has 5 heteroatoms. The Labute approximate surface area is 137 Å². The molecule has 108 valence electrons. The van der Waals surface area contributed by atoms with E-state index in [0.717, 1.165) is 9.13 Å². The number of carbonyl (C=O) groups is 2. The zero-order chi connectivity index (χ0) is 15.4. The maximum Gasteiger partial charge on any atom is 0.256 e. The lowest BCUT2D eigenvalue weighted by molar-refractivity contribution is 0.0961. The number of hydrogen-bond donors (Lipinski definition) is 2. The van der Waals surface area contributed by atoms with E-state index < -0.39 is 0 Å². The quantitative estimate of drug-likeness (QED) is 0.786. The highest BCUT2D eigenvalue weighted by atomic mass is 127. The summed E-state index contributed by atoms with van der Waals surface area (Å²) in [7, 11) is 1.58. The van der Waals surface area contributed by atoms with E-state index in [1.807, 2.05) is 31.2 Å². The molecule has 21 heavy (non-hydrogen) atoms. The molecule has 0 aliphatic carbocycles. The summed E-state index contributed by atoms with van der Waals surface area (Å²) in [5.41, 5.74) is 2.67. The van der Waals surface area contributed by atoms with Crippen LogP contribution in [0, 0.1) is 10.5 Å². The van der Waals surface area contributed by atoms with Crippen molar-refractivity contribution < 1.29 is 9.59 Å². The van der Waals surface area contributed by atoms with Crippen molar-refractivity contribution >= 4 is 40.1 Å². The Hall–Kier alpha value is -1.89. The molecule has 0 radical (unpaired) electrons. The number of hydrogen-bond acceptors (Lipinski definition) is 2. The number of nitrogens with one attached hydrogen (secondary N) is 2. The van der Waals surface area contributed by atoms with Gasteiger partial charge in [0.2, 0.25) is 0 Å². The molecule has 2 aromatic rings. The molecule has 4 nitrogen and oxygen atoms in total. The Balaban J connectivity index is 2.29. The molecule has 2 aromatic carbocycles. The second-order valence-corrected chi connectivity index (χ2v) is 5.70. The summed E-state index contributed by atoms with van der Waals surface area (Å²) in [6.45, 7) is 1.89. The lowest BCUT2D eigenvalue weighted by Gasteiger charge is -2.11. The van der Waals surface area contributed by atoms with Crippen molar-refractivity contribution in [3.63, 3.8) is 0 Å². The third-order valence-electron chi connectivity index (χ3n) is 3.09. The highest BCUT2D eigenvalue weighted by Gasteiger charge is 2.12. The molecule has 0 aliphatic rings. The van der Waals surface area contributed by atoms with Gasteiger partial charge < -0.3 is 10.6 Å². The molecule has 2 rings (SSSR count). The van der Waals surface area contributed by atoms with Crippen LogP contribution in [0.15, 0.2) is 42.5 Å². The van der Waals surface area contributed by atoms with E-state index in [1.165, 1.54) is 0 Å². The topological polar surface area (TPSA) is 58.2 Å². The molecule has 0 heterocycles. The van der Waals surface area contributed by atoms with Gasteiger partial charge in [0.05, 0.1) is 5.56 Å². The minimum Gasteiger partial charge on any atom is -0.355 e. The van der Waals surface area contributed by atoms with Crippen LogP contribution in [0.25, 0.3) is 0 Å². The van der Waals surface area contributed by atoms with Gasteiger partial charge in [0.15, 0.2) is 0 Å². The third-order valence-corrected chi connectivity index (χ3v) is 4.03. The highest BCUT2D eigenvalue weighted by Crippen LogP contribution is 2.19. The Bertz CT molecular complexity index is 698. The van der Waals surface area contributed by atoms with Crippen LogP contribution in [-0.2, 0) is 0 Å². The molecule has 0 saturated heterocycles. The summed E-state index contributed by atoms with van der Waals surface area (Å²) >= 11 is 2.13. The Morgan fingerprint density at radius 1 is 1.05 bits per heavy atom. The van der Waals surface area contributed by atoms with Crippen LogP contribution >= 0.6 is 22.6 Å². The van der Waals surface area contributed by atoms with Crippen LogP contribution in [0.3, 0.4) is 0 Å². The molecule has 0 bridgehead atoms. The Morgan fingerprint density at radius 3 is 2.43 bits per heavy atom. The van der Waals surface area contributed by atoms with Crippen molar-refractivity contribution in [3.8, 4) is 0 Å². The normalized spacial score (nSPS) is 10.0. The Kier molecular flexibility index (Phi) is 4.95. The van der Waals surface area contributed by atoms with Gasteiger partial charge in [0.25, 0.3) is 11.8 Å². The van der Waals surface area contributed by atoms with Crippen molar-refractivity contribution in [2.45, 2.75) is 6.92 Å². The van der Waals surface area contributed by atoms with E-state index in [2.05, 4.69) is 33.2 Å². The number of amides is 2. The monoisotopic (exact) mass is 394 g/mol. The third kappa shape index (κ3) is 3.60. The first kappa shape index (κ1) is 15.5. The first-order valence-electron chi connectivity index (χ1n) is 6.41. The molecule has 0 unspecified atom stereocenters. The average Bonchev–Trinajstić information content (AvgIpc) is 2.49. The van der Waals surface area contributed by atoms with Gasteiger partial charge in [0, 0.05) is 21.9 Å². The van der Waals surface area contributed by atoms with Gasteiger partial charge in [-0.05, 0) is 59.3 Å². The van der Waals surface area contributed by atoms with Crippen molar-refractivity contribution in [3.05, 3.63) is 62.7 Å². The van der Waals surface area contributed by atoms with Gasteiger partial charge in [-0.25, -0.2) is 0 Å². The Morgan fingerprint density at radius 2 is 1.76 bits per heavy atom. The van der Waals surface area contributed by atoms with Gasteiger partial charge in [0.1, 0.15) is 0 Å². The SMILES string of the molecule is CNC(=O)c1ccc(C)c(NC(=O)c2ccccc2I)c1. The predicted octanol–water partition coefficient (Wildman–Crippen LogP) is 3.21. The maximum absolute atomic E-state index is 12.3. The smallest absolute Gasteiger partial charge is 0.256 e. The van der Waals surface area contributed by atoms with Crippen molar-refractivity contribution in [1.29, 1.82) is 0 Å². The minimum absolute atomic E-state index is 0.181. The van der Waals surface area contributed by atoms with Gasteiger partial charge in [-0.15, -0.1) is 0 Å². The number of anilines is 1. The molecule has 0 aliphatic heterocycles. The van der Waals surface area contributed by atoms with E-state index in [1.54, 1.807) is 25.2 Å². The molecular weight excluding hydrogens is 379 g/mol. The van der Waals surface area contributed by atoms with Gasteiger partial charge >= 0.3 is 0 Å². The lowest BCUT2D eigenvalue weighted by atomic mass is 10.1. The number of benzene rings is 2. The molecule has 0 aromatic heterocycles. The van der Waals surface area contributed by atoms with Crippen molar-refractivity contribution in [2.75, 3.05) is 12.4 Å². The van der Waals surface area contributed by atoms with E-state index in [-0.39, 0.29) is 11.8 Å². The fourth-order valence-corrected chi connectivity index (χ4v) is 2.51. The van der Waals surface area contributed by atoms with Gasteiger partial charge in [-0.3, -0.25) is 9.59 Å². The minimum atomic E-state index is -0.183. The summed E-state index contributed by atoms with van der Waals surface area (Å²) in [5, 5.41) is 5.43. The van der Waals surface area contributed by atoms with E-state index >= 15 is 0 Å². The maximum atomic E-state index is 12.3. The number of rotatable bonds is 3. The largest absolute Gasteiger partial charge is 0.355 e. The second kappa shape index (κ2) is 6.71. The van der Waals surface area contributed by atoms with Crippen molar-refractivity contribution in [2.24, 2.45) is 0 Å². The highest BCUT2D eigenvalue weighted by molar-refractivity contribution is 14.1. The van der Waals surface area contributed by atoms with Gasteiger partial charge in [-0.1, -0.05) is 18.2 Å². The summed E-state index contributed by atoms with van der Waals surface area (Å²) in [5.74, 6) is -0.364. The first-order valence-corrected chi connectivity index (χ1v) is 7.49. The standard InChI is InChI=1S/C16H15IN2O2/c1-10-7-8-11(15(20)18-2)9-14(10)19-16(21)12-5-3-4-6-13(12)17/h3-9H,1-2H3,(H,18,20)(H,19,21). The van der Waals surface area contributed by atoms with Crippen LogP contribution < -0.4 is 10.6 Å². The van der Waals surface area contributed by atoms with E-state index in [9.17, 15) is 9.59 Å². The molecular formula is C16H15IN2O2. The number of carbonyl (C=O) groups excluding carboxylic acids is 2. The molecule has 2 N–H and O–H groups in total. The fraction of sp³-hybridized carbons (Fsp3) is 0.125. The van der Waals surface area contributed by atoms with E-state index in [0.29, 0.717) is 16.8 Å². The van der Waals surface area contributed by atoms with Crippen LogP contribution in [0.2, 0.25) is 0 Å². The van der Waals surface area contributed by atoms with Crippen molar-refractivity contribution in [1.82, 2.24) is 5.32 Å². The predicted molar refractivity (Wildman–Crippen MR) is 91.7 cm³/mol. The summed E-state index contributed by atoms with van der Waals surface area (Å²) < 4.78 is 0.882. The van der Waals surface area contributed by atoms with Crippen LogP contribution in [0.5, 0.6) is 0 Å². The average molecular weight is 394 g/mol.